The minimum absolute atomic E-state index is 0.107. The van der Waals surface area contributed by atoms with E-state index in [-0.39, 0.29) is 10.6 Å². The van der Waals surface area contributed by atoms with Crippen LogP contribution in [0.4, 0.5) is 0 Å². The van der Waals surface area contributed by atoms with Gasteiger partial charge in [0.15, 0.2) is 14.9 Å². The highest BCUT2D eigenvalue weighted by atomic mass is 32.3. The second kappa shape index (κ2) is 3.80. The molecule has 6 nitrogen and oxygen atoms in total. The van der Waals surface area contributed by atoms with E-state index in [1.54, 1.807) is 0 Å². The minimum atomic E-state index is -4.09. The van der Waals surface area contributed by atoms with Gasteiger partial charge in [-0.2, -0.15) is 0 Å². The van der Waals surface area contributed by atoms with Crippen LogP contribution in [0.5, 0.6) is 5.75 Å². The van der Waals surface area contributed by atoms with Gasteiger partial charge in [0.05, 0.1) is 4.90 Å². The van der Waals surface area contributed by atoms with Gasteiger partial charge in [-0.15, -0.1) is 0 Å². The number of hydrogen-bond donors (Lipinski definition) is 2. The fourth-order valence-electron chi connectivity index (χ4n) is 0.938. The van der Waals surface area contributed by atoms with E-state index in [0.29, 0.717) is 0 Å². The maximum absolute atomic E-state index is 11.4. The maximum Gasteiger partial charge on any atom is 0.223 e. The molecule has 0 aliphatic carbocycles. The van der Waals surface area contributed by atoms with E-state index in [2.05, 4.69) is 5.14 Å². The van der Waals surface area contributed by atoms with Crippen molar-refractivity contribution in [2.75, 3.05) is 5.08 Å². The molecule has 0 spiro atoms. The van der Waals surface area contributed by atoms with Gasteiger partial charge >= 0.3 is 0 Å². The van der Waals surface area contributed by atoms with Crippen LogP contribution in [0.25, 0.3) is 0 Å². The zero-order chi connectivity index (χ0) is 11.7. The van der Waals surface area contributed by atoms with E-state index in [0.717, 1.165) is 24.3 Å². The smallest absolute Gasteiger partial charge is 0.223 e. The summed E-state index contributed by atoms with van der Waals surface area (Å²) in [7, 11) is -8.05. The highest BCUT2D eigenvalue weighted by molar-refractivity contribution is 8.07. The third-order valence-corrected chi connectivity index (χ3v) is 5.06. The second-order valence-electron chi connectivity index (χ2n) is 2.89. The number of hydrogen-bond acceptors (Lipinski definition) is 5. The highest BCUT2D eigenvalue weighted by Gasteiger charge is 2.20. The molecule has 0 aliphatic rings. The predicted octanol–water partition coefficient (Wildman–Crippen LogP) is -0.588. The molecule has 1 rings (SSSR count). The Balaban J connectivity index is 3.13. The molecule has 0 radical (unpaired) electrons. The van der Waals surface area contributed by atoms with Crippen molar-refractivity contribution in [3.8, 4) is 5.75 Å². The van der Waals surface area contributed by atoms with Crippen molar-refractivity contribution in [2.24, 2.45) is 5.14 Å². The van der Waals surface area contributed by atoms with Gasteiger partial charge in [-0.25, -0.2) is 22.0 Å². The van der Waals surface area contributed by atoms with Crippen molar-refractivity contribution in [1.82, 2.24) is 0 Å². The van der Waals surface area contributed by atoms with Crippen LogP contribution >= 0.6 is 0 Å². The number of rotatable bonds is 3. The molecule has 0 fully saturated rings. The Bertz CT molecular complexity index is 544. The SMILES string of the molecule is NS(=O)(=O)CS(=O)(=O)c1ccc(O)cc1. The highest BCUT2D eigenvalue weighted by Crippen LogP contribution is 2.16. The maximum atomic E-state index is 11.4. The molecule has 1 aromatic rings. The number of benzene rings is 1. The number of primary sulfonamides is 1. The Morgan fingerprint density at radius 1 is 1.07 bits per heavy atom. The van der Waals surface area contributed by atoms with Gasteiger partial charge in [-0.05, 0) is 24.3 Å². The summed E-state index contributed by atoms with van der Waals surface area (Å²) in [6.07, 6.45) is 0. The summed E-state index contributed by atoms with van der Waals surface area (Å²) in [6.45, 7) is 0. The lowest BCUT2D eigenvalue weighted by Crippen LogP contribution is -2.23. The van der Waals surface area contributed by atoms with Gasteiger partial charge in [-0.3, -0.25) is 0 Å². The summed E-state index contributed by atoms with van der Waals surface area (Å²) in [5.41, 5.74) is 0. The second-order valence-corrected chi connectivity index (χ2v) is 6.86. The summed E-state index contributed by atoms with van der Waals surface area (Å²) in [4.78, 5) is -0.200. The lowest BCUT2D eigenvalue weighted by molar-refractivity contribution is 0.475. The van der Waals surface area contributed by atoms with Crippen LogP contribution in [-0.4, -0.2) is 27.0 Å². The molecule has 0 aliphatic heterocycles. The zero-order valence-electron chi connectivity index (χ0n) is 7.49. The standard InChI is InChI=1S/C7H9NO5S2/c8-15(12,13)5-14(10,11)7-3-1-6(9)2-4-7/h1-4,9H,5H2,(H2,8,12,13). The van der Waals surface area contributed by atoms with Crippen LogP contribution in [-0.2, 0) is 19.9 Å². The molecule has 0 atom stereocenters. The minimum Gasteiger partial charge on any atom is -0.508 e. The van der Waals surface area contributed by atoms with Gasteiger partial charge < -0.3 is 5.11 Å². The van der Waals surface area contributed by atoms with Crippen molar-refractivity contribution in [1.29, 1.82) is 0 Å². The van der Waals surface area contributed by atoms with Crippen LogP contribution in [0.15, 0.2) is 29.2 Å². The molecule has 3 N–H and O–H groups in total. The van der Waals surface area contributed by atoms with E-state index < -0.39 is 24.9 Å². The molecule has 84 valence electrons. The molecule has 1 aromatic carbocycles. The van der Waals surface area contributed by atoms with E-state index in [4.69, 9.17) is 5.11 Å². The van der Waals surface area contributed by atoms with Crippen molar-refractivity contribution >= 4 is 19.9 Å². The van der Waals surface area contributed by atoms with Crippen molar-refractivity contribution in [2.45, 2.75) is 4.90 Å². The molecule has 0 heterocycles. The summed E-state index contributed by atoms with van der Waals surface area (Å²) < 4.78 is 44.1. The average Bonchev–Trinajstić information content (AvgIpc) is 2.00. The zero-order valence-corrected chi connectivity index (χ0v) is 9.12. The Kier molecular flexibility index (Phi) is 3.03. The first-order chi connectivity index (χ1) is 6.71. The molecule has 0 saturated heterocycles. The number of aromatic hydroxyl groups is 1. The van der Waals surface area contributed by atoms with Gasteiger partial charge in [0.1, 0.15) is 5.75 Å². The Hall–Kier alpha value is -1.12. The fraction of sp³-hybridized carbons (Fsp3) is 0.143. The number of nitrogens with two attached hydrogens (primary N) is 1. The average molecular weight is 251 g/mol. The normalized spacial score (nSPS) is 12.6. The summed E-state index contributed by atoms with van der Waals surface area (Å²) in [5.74, 6) is -0.107. The molecular formula is C7H9NO5S2. The van der Waals surface area contributed by atoms with Gasteiger partial charge in [-0.1, -0.05) is 0 Å². The van der Waals surface area contributed by atoms with E-state index in [9.17, 15) is 16.8 Å². The van der Waals surface area contributed by atoms with E-state index >= 15 is 0 Å². The Morgan fingerprint density at radius 2 is 1.53 bits per heavy atom. The first-order valence-corrected chi connectivity index (χ1v) is 7.10. The quantitative estimate of drug-likeness (QED) is 0.745. The largest absolute Gasteiger partial charge is 0.508 e. The van der Waals surface area contributed by atoms with Crippen LogP contribution in [0, 0.1) is 0 Å². The Labute approximate surface area is 87.3 Å². The third-order valence-electron chi connectivity index (χ3n) is 1.52. The Morgan fingerprint density at radius 3 is 1.93 bits per heavy atom. The van der Waals surface area contributed by atoms with Crippen LogP contribution < -0.4 is 5.14 Å². The molecule has 0 bridgehead atoms. The molecule has 0 saturated carbocycles. The number of sulfonamides is 1. The van der Waals surface area contributed by atoms with Crippen molar-refractivity contribution < 1.29 is 21.9 Å². The van der Waals surface area contributed by atoms with Crippen molar-refractivity contribution in [3.63, 3.8) is 0 Å². The topological polar surface area (TPSA) is 115 Å². The molecule has 0 unspecified atom stereocenters. The van der Waals surface area contributed by atoms with E-state index in [1.165, 1.54) is 0 Å². The fourth-order valence-corrected chi connectivity index (χ4v) is 3.76. The lowest BCUT2D eigenvalue weighted by atomic mass is 10.3. The molecule has 8 heteroatoms. The number of sulfone groups is 1. The van der Waals surface area contributed by atoms with Gasteiger partial charge in [0.25, 0.3) is 0 Å². The molecular weight excluding hydrogens is 242 g/mol. The van der Waals surface area contributed by atoms with Gasteiger partial charge in [0.2, 0.25) is 10.0 Å². The third kappa shape index (κ3) is 3.50. The monoisotopic (exact) mass is 251 g/mol. The van der Waals surface area contributed by atoms with Crippen LogP contribution in [0.3, 0.4) is 0 Å². The first kappa shape index (κ1) is 12.0. The number of phenolic OH excluding ortho intramolecular Hbond substituents is 1. The number of phenols is 1. The van der Waals surface area contributed by atoms with Gasteiger partial charge in [0, 0.05) is 0 Å². The van der Waals surface area contributed by atoms with Crippen LogP contribution in [0.1, 0.15) is 0 Å². The first-order valence-electron chi connectivity index (χ1n) is 3.73. The summed E-state index contributed by atoms with van der Waals surface area (Å²) in [5, 5.41) is 12.4. The summed E-state index contributed by atoms with van der Waals surface area (Å²) >= 11 is 0. The van der Waals surface area contributed by atoms with Crippen LogP contribution in [0.2, 0.25) is 0 Å². The van der Waals surface area contributed by atoms with Crippen molar-refractivity contribution in [3.05, 3.63) is 24.3 Å². The molecule has 15 heavy (non-hydrogen) atoms. The van der Waals surface area contributed by atoms with E-state index in [1.807, 2.05) is 0 Å². The predicted molar refractivity (Wildman–Crippen MR) is 53.3 cm³/mol. The lowest BCUT2D eigenvalue weighted by Gasteiger charge is -2.02. The summed E-state index contributed by atoms with van der Waals surface area (Å²) in [6, 6.07) is 4.51. The molecule has 0 amide bonds. The molecule has 0 aromatic heterocycles.